The van der Waals surface area contributed by atoms with Gasteiger partial charge in [0.25, 0.3) is 5.91 Å². The number of rotatable bonds is 4. The molecular weight excluding hydrogens is 318 g/mol. The summed E-state index contributed by atoms with van der Waals surface area (Å²) < 4.78 is 10.8. The van der Waals surface area contributed by atoms with Crippen molar-refractivity contribution in [3.8, 4) is 28.3 Å². The predicted molar refractivity (Wildman–Crippen MR) is 96.3 cm³/mol. The average Bonchev–Trinajstić information content (AvgIpc) is 3.10. The smallest absolute Gasteiger partial charge is 0.269 e. The Hall–Kier alpha value is -3.28. The van der Waals surface area contributed by atoms with E-state index in [2.05, 4.69) is 4.98 Å². The maximum Gasteiger partial charge on any atom is 0.269 e. The van der Waals surface area contributed by atoms with Gasteiger partial charge in [-0.05, 0) is 54.8 Å². The lowest BCUT2D eigenvalue weighted by molar-refractivity contribution is 0.0996. The fourth-order valence-corrected chi connectivity index (χ4v) is 2.96. The SMILES string of the molecule is COc1ccc(C)c(-c2cc(-c3ccco3)nc(C(N)=O)c2N)c1C. The number of benzene rings is 1. The monoisotopic (exact) mass is 337 g/mol. The van der Waals surface area contributed by atoms with E-state index < -0.39 is 5.91 Å². The summed E-state index contributed by atoms with van der Waals surface area (Å²) in [7, 11) is 1.61. The van der Waals surface area contributed by atoms with E-state index in [9.17, 15) is 4.79 Å². The first kappa shape index (κ1) is 16.6. The molecule has 0 saturated carbocycles. The molecule has 25 heavy (non-hydrogen) atoms. The van der Waals surface area contributed by atoms with Gasteiger partial charge in [0.05, 0.1) is 19.1 Å². The van der Waals surface area contributed by atoms with Gasteiger partial charge in [-0.25, -0.2) is 4.98 Å². The number of aromatic nitrogens is 1. The molecule has 0 bridgehead atoms. The maximum absolute atomic E-state index is 11.8. The van der Waals surface area contributed by atoms with Crippen molar-refractivity contribution in [1.82, 2.24) is 4.98 Å². The summed E-state index contributed by atoms with van der Waals surface area (Å²) in [6.45, 7) is 3.91. The van der Waals surface area contributed by atoms with Gasteiger partial charge in [0, 0.05) is 5.56 Å². The Kier molecular flexibility index (Phi) is 4.19. The van der Waals surface area contributed by atoms with Crippen molar-refractivity contribution in [2.75, 3.05) is 12.8 Å². The van der Waals surface area contributed by atoms with Gasteiger partial charge in [0.15, 0.2) is 11.5 Å². The third kappa shape index (κ3) is 2.82. The second-order valence-corrected chi connectivity index (χ2v) is 5.74. The molecule has 2 aromatic heterocycles. The number of amides is 1. The van der Waals surface area contributed by atoms with Crippen LogP contribution in [0.4, 0.5) is 5.69 Å². The number of pyridine rings is 1. The number of carbonyl (C=O) groups is 1. The number of primary amides is 1. The molecule has 0 radical (unpaired) electrons. The number of ether oxygens (including phenoxy) is 1. The van der Waals surface area contributed by atoms with Gasteiger partial charge in [-0.3, -0.25) is 4.79 Å². The van der Waals surface area contributed by atoms with Crippen LogP contribution in [0, 0.1) is 13.8 Å². The van der Waals surface area contributed by atoms with Gasteiger partial charge in [-0.2, -0.15) is 0 Å². The number of aryl methyl sites for hydroxylation is 1. The van der Waals surface area contributed by atoms with Gasteiger partial charge in [0.1, 0.15) is 11.4 Å². The van der Waals surface area contributed by atoms with E-state index in [1.807, 2.05) is 26.0 Å². The van der Waals surface area contributed by atoms with Crippen LogP contribution in [-0.4, -0.2) is 18.0 Å². The van der Waals surface area contributed by atoms with E-state index in [1.165, 1.54) is 0 Å². The van der Waals surface area contributed by atoms with Gasteiger partial charge >= 0.3 is 0 Å². The largest absolute Gasteiger partial charge is 0.496 e. The minimum Gasteiger partial charge on any atom is -0.496 e. The van der Waals surface area contributed by atoms with Gasteiger partial charge < -0.3 is 20.6 Å². The summed E-state index contributed by atoms with van der Waals surface area (Å²) in [6.07, 6.45) is 1.54. The normalized spacial score (nSPS) is 10.7. The van der Waals surface area contributed by atoms with Crippen LogP contribution in [-0.2, 0) is 0 Å². The Morgan fingerprint density at radius 1 is 1.24 bits per heavy atom. The van der Waals surface area contributed by atoms with Crippen LogP contribution in [0.1, 0.15) is 21.6 Å². The third-order valence-corrected chi connectivity index (χ3v) is 4.18. The van der Waals surface area contributed by atoms with Crippen LogP contribution < -0.4 is 16.2 Å². The van der Waals surface area contributed by atoms with E-state index in [1.54, 1.807) is 31.6 Å². The number of methoxy groups -OCH3 is 1. The molecule has 3 aromatic rings. The van der Waals surface area contributed by atoms with Crippen molar-refractivity contribution >= 4 is 11.6 Å². The Bertz CT molecular complexity index is 947. The molecule has 0 spiro atoms. The molecule has 128 valence electrons. The standard InChI is InChI=1S/C19H19N3O3/c1-10-6-7-14(24-3)11(2)16(10)12-9-13(15-5-4-8-25-15)22-18(17(12)20)19(21)23/h4-9H,20H2,1-3H3,(H2,21,23). The molecule has 3 rings (SSSR count). The zero-order chi connectivity index (χ0) is 18.1. The number of carbonyl (C=O) groups excluding carboxylic acids is 1. The zero-order valence-corrected chi connectivity index (χ0v) is 14.3. The number of nitrogen functional groups attached to an aromatic ring is 1. The summed E-state index contributed by atoms with van der Waals surface area (Å²) in [4.78, 5) is 16.1. The van der Waals surface area contributed by atoms with E-state index in [0.29, 0.717) is 17.0 Å². The molecule has 1 aromatic carbocycles. The Morgan fingerprint density at radius 3 is 2.60 bits per heavy atom. The number of hydrogen-bond acceptors (Lipinski definition) is 5. The van der Waals surface area contributed by atoms with E-state index in [4.69, 9.17) is 20.6 Å². The summed E-state index contributed by atoms with van der Waals surface area (Å²) in [6, 6.07) is 9.15. The molecular formula is C19H19N3O3. The molecule has 0 unspecified atom stereocenters. The Labute approximate surface area is 145 Å². The number of furan rings is 1. The van der Waals surface area contributed by atoms with Crippen LogP contribution in [0.5, 0.6) is 5.75 Å². The van der Waals surface area contributed by atoms with Crippen LogP contribution in [0.2, 0.25) is 0 Å². The maximum atomic E-state index is 11.8. The molecule has 0 atom stereocenters. The third-order valence-electron chi connectivity index (χ3n) is 4.18. The molecule has 6 heteroatoms. The van der Waals surface area contributed by atoms with Gasteiger partial charge in [-0.1, -0.05) is 6.07 Å². The number of anilines is 1. The van der Waals surface area contributed by atoms with E-state index in [-0.39, 0.29) is 11.4 Å². The zero-order valence-electron chi connectivity index (χ0n) is 14.3. The molecule has 0 fully saturated rings. The average molecular weight is 337 g/mol. The molecule has 1 amide bonds. The van der Waals surface area contributed by atoms with Crippen molar-refractivity contribution in [2.24, 2.45) is 5.73 Å². The summed E-state index contributed by atoms with van der Waals surface area (Å²) in [5.41, 5.74) is 15.9. The van der Waals surface area contributed by atoms with Crippen molar-refractivity contribution in [3.63, 3.8) is 0 Å². The number of nitrogens with two attached hydrogens (primary N) is 2. The Morgan fingerprint density at radius 2 is 2.00 bits per heavy atom. The quantitative estimate of drug-likeness (QED) is 0.760. The number of nitrogens with zero attached hydrogens (tertiary/aromatic N) is 1. The van der Waals surface area contributed by atoms with Crippen LogP contribution >= 0.6 is 0 Å². The highest BCUT2D eigenvalue weighted by atomic mass is 16.5. The molecule has 0 aliphatic rings. The molecule has 0 saturated heterocycles. The molecule has 6 nitrogen and oxygen atoms in total. The topological polar surface area (TPSA) is 104 Å². The first-order chi connectivity index (χ1) is 11.9. The molecule has 4 N–H and O–H groups in total. The number of hydrogen-bond donors (Lipinski definition) is 2. The predicted octanol–water partition coefficient (Wildman–Crippen LogP) is 3.32. The van der Waals surface area contributed by atoms with Crippen LogP contribution in [0.25, 0.3) is 22.6 Å². The van der Waals surface area contributed by atoms with Gasteiger partial charge in [0.2, 0.25) is 0 Å². The highest BCUT2D eigenvalue weighted by Crippen LogP contribution is 2.38. The van der Waals surface area contributed by atoms with Crippen LogP contribution in [0.15, 0.2) is 41.0 Å². The lowest BCUT2D eigenvalue weighted by atomic mass is 9.93. The first-order valence-corrected chi connectivity index (χ1v) is 7.72. The minimum absolute atomic E-state index is 0.0190. The van der Waals surface area contributed by atoms with E-state index in [0.717, 1.165) is 22.4 Å². The summed E-state index contributed by atoms with van der Waals surface area (Å²) in [5, 5.41) is 0. The minimum atomic E-state index is -0.689. The molecule has 0 aliphatic heterocycles. The summed E-state index contributed by atoms with van der Waals surface area (Å²) >= 11 is 0. The highest BCUT2D eigenvalue weighted by Gasteiger charge is 2.20. The van der Waals surface area contributed by atoms with Crippen molar-refractivity contribution in [3.05, 3.63) is 53.4 Å². The first-order valence-electron chi connectivity index (χ1n) is 7.72. The molecule has 2 heterocycles. The van der Waals surface area contributed by atoms with Gasteiger partial charge in [-0.15, -0.1) is 0 Å². The van der Waals surface area contributed by atoms with Crippen LogP contribution in [0.3, 0.4) is 0 Å². The van der Waals surface area contributed by atoms with Crippen molar-refractivity contribution in [2.45, 2.75) is 13.8 Å². The van der Waals surface area contributed by atoms with Crippen molar-refractivity contribution < 1.29 is 13.9 Å². The van der Waals surface area contributed by atoms with E-state index >= 15 is 0 Å². The molecule has 0 aliphatic carbocycles. The lowest BCUT2D eigenvalue weighted by Gasteiger charge is -2.17. The second kappa shape index (κ2) is 6.32. The fourth-order valence-electron chi connectivity index (χ4n) is 2.96. The van der Waals surface area contributed by atoms with Crippen molar-refractivity contribution in [1.29, 1.82) is 0 Å². The lowest BCUT2D eigenvalue weighted by Crippen LogP contribution is -2.17. The summed E-state index contributed by atoms with van der Waals surface area (Å²) in [5.74, 6) is 0.573. The fraction of sp³-hybridized carbons (Fsp3) is 0.158. The highest BCUT2D eigenvalue weighted by molar-refractivity contribution is 6.01. The Balaban J connectivity index is 2.35. The second-order valence-electron chi connectivity index (χ2n) is 5.74.